The lowest BCUT2D eigenvalue weighted by molar-refractivity contribution is -0.133. The Hall–Kier alpha value is -1.75. The van der Waals surface area contributed by atoms with E-state index in [1.54, 1.807) is 6.92 Å². The fourth-order valence-electron chi connectivity index (χ4n) is 3.17. The molecule has 3 rings (SSSR count). The Balaban J connectivity index is 2.17. The van der Waals surface area contributed by atoms with Crippen LogP contribution in [-0.4, -0.2) is 22.6 Å². The average Bonchev–Trinajstić information content (AvgIpc) is 2.90. The molecule has 1 aromatic rings. The molecule has 1 aliphatic carbocycles. The summed E-state index contributed by atoms with van der Waals surface area (Å²) < 4.78 is 0. The van der Waals surface area contributed by atoms with Gasteiger partial charge < -0.3 is 5.11 Å². The fourth-order valence-corrected chi connectivity index (χ4v) is 4.05. The van der Waals surface area contributed by atoms with E-state index in [1.165, 1.54) is 11.3 Å². The van der Waals surface area contributed by atoms with E-state index in [4.69, 9.17) is 0 Å². The zero-order valence-corrected chi connectivity index (χ0v) is 11.9. The molecule has 2 unspecified atom stereocenters. The molecule has 0 aromatic carbocycles. The lowest BCUT2D eigenvalue weighted by Gasteiger charge is -2.34. The number of aliphatic imine (C=N–C) groups is 1. The van der Waals surface area contributed by atoms with Crippen molar-refractivity contribution < 1.29 is 14.7 Å². The Morgan fingerprint density at radius 1 is 1.40 bits per heavy atom. The molecule has 1 aliphatic heterocycles. The zero-order valence-electron chi connectivity index (χ0n) is 11.1. The summed E-state index contributed by atoms with van der Waals surface area (Å²) in [5.41, 5.74) is 1.68. The predicted octanol–water partition coefficient (Wildman–Crippen LogP) is 3.01. The molecule has 0 saturated heterocycles. The van der Waals surface area contributed by atoms with Crippen molar-refractivity contribution in [3.8, 4) is 0 Å². The van der Waals surface area contributed by atoms with Gasteiger partial charge in [0, 0.05) is 28.6 Å². The molecule has 0 amide bonds. The Labute approximate surface area is 120 Å². The number of carboxylic acids is 1. The van der Waals surface area contributed by atoms with Crippen molar-refractivity contribution in [3.05, 3.63) is 33.7 Å². The molecule has 1 saturated carbocycles. The van der Waals surface area contributed by atoms with Crippen molar-refractivity contribution in [2.24, 2.45) is 10.9 Å². The number of rotatable bonds is 2. The molecule has 1 fully saturated rings. The Morgan fingerprint density at radius 3 is 2.85 bits per heavy atom. The standard InChI is InChI=1S/C15H15NO3S/c1-8-12(15(18)19)14(11-6-3-7-20-11)13-9(16-8)4-2-5-10(13)17/h3,6-7,13-14H,2,4-5H2,1H3,(H,18,19). The van der Waals surface area contributed by atoms with Crippen molar-refractivity contribution in [3.63, 3.8) is 0 Å². The van der Waals surface area contributed by atoms with E-state index in [2.05, 4.69) is 4.99 Å². The summed E-state index contributed by atoms with van der Waals surface area (Å²) >= 11 is 1.51. The average molecular weight is 289 g/mol. The van der Waals surface area contributed by atoms with Crippen LogP contribution in [0, 0.1) is 5.92 Å². The lowest BCUT2D eigenvalue weighted by Crippen LogP contribution is -2.38. The van der Waals surface area contributed by atoms with Gasteiger partial charge in [0.15, 0.2) is 0 Å². The lowest BCUT2D eigenvalue weighted by atomic mass is 9.71. The molecule has 104 valence electrons. The van der Waals surface area contributed by atoms with Gasteiger partial charge in [0.2, 0.25) is 0 Å². The van der Waals surface area contributed by atoms with E-state index < -0.39 is 5.97 Å². The minimum Gasteiger partial charge on any atom is -0.478 e. The number of aliphatic carboxylic acids is 1. The Bertz CT molecular complexity index is 628. The first kappa shape index (κ1) is 13.2. The number of nitrogens with zero attached hydrogens (tertiary/aromatic N) is 1. The minimum absolute atomic E-state index is 0.125. The summed E-state index contributed by atoms with van der Waals surface area (Å²) in [6.45, 7) is 1.73. The van der Waals surface area contributed by atoms with Crippen LogP contribution in [0.4, 0.5) is 0 Å². The van der Waals surface area contributed by atoms with Gasteiger partial charge in [-0.05, 0) is 31.2 Å². The van der Waals surface area contributed by atoms with E-state index in [1.807, 2.05) is 17.5 Å². The van der Waals surface area contributed by atoms with E-state index >= 15 is 0 Å². The molecular weight excluding hydrogens is 274 g/mol. The van der Waals surface area contributed by atoms with Crippen molar-refractivity contribution in [2.75, 3.05) is 0 Å². The van der Waals surface area contributed by atoms with Gasteiger partial charge in [-0.15, -0.1) is 11.3 Å². The Morgan fingerprint density at radius 2 is 2.20 bits per heavy atom. The van der Waals surface area contributed by atoms with Crippen LogP contribution in [0.5, 0.6) is 0 Å². The number of fused-ring (bicyclic) bond motifs is 1. The minimum atomic E-state index is -0.970. The van der Waals surface area contributed by atoms with Crippen molar-refractivity contribution in [1.29, 1.82) is 0 Å². The van der Waals surface area contributed by atoms with E-state index in [-0.39, 0.29) is 23.2 Å². The molecule has 2 heterocycles. The van der Waals surface area contributed by atoms with Crippen LogP contribution >= 0.6 is 11.3 Å². The molecular formula is C15H15NO3S. The molecule has 2 atom stereocenters. The third-order valence-corrected chi connectivity index (χ3v) is 4.94. The summed E-state index contributed by atoms with van der Waals surface area (Å²) in [5.74, 6) is -1.59. The summed E-state index contributed by atoms with van der Waals surface area (Å²) in [6, 6.07) is 3.81. The van der Waals surface area contributed by atoms with Crippen LogP contribution < -0.4 is 0 Å². The first-order chi connectivity index (χ1) is 9.59. The highest BCUT2D eigenvalue weighted by Gasteiger charge is 2.43. The zero-order chi connectivity index (χ0) is 14.3. The third kappa shape index (κ3) is 2.02. The normalized spacial score (nSPS) is 26.2. The molecule has 2 aliphatic rings. The first-order valence-corrected chi connectivity index (χ1v) is 7.55. The number of thiophene rings is 1. The SMILES string of the molecule is CC1=C(C(=O)O)C(c2cccs2)C2C(=O)CCCC2=N1. The number of allylic oxidation sites excluding steroid dienone is 1. The van der Waals surface area contributed by atoms with Gasteiger partial charge in [0.25, 0.3) is 0 Å². The van der Waals surface area contributed by atoms with Crippen LogP contribution in [0.1, 0.15) is 37.0 Å². The highest BCUT2D eigenvalue weighted by Crippen LogP contribution is 2.43. The summed E-state index contributed by atoms with van der Waals surface area (Å²) in [5, 5.41) is 11.4. The fraction of sp³-hybridized carbons (Fsp3) is 0.400. The maximum atomic E-state index is 12.3. The maximum Gasteiger partial charge on any atom is 0.334 e. The van der Waals surface area contributed by atoms with Gasteiger partial charge >= 0.3 is 5.97 Å². The van der Waals surface area contributed by atoms with Gasteiger partial charge in [-0.1, -0.05) is 6.07 Å². The number of carboxylic acid groups (broad SMARTS) is 1. The van der Waals surface area contributed by atoms with Crippen LogP contribution in [0.3, 0.4) is 0 Å². The van der Waals surface area contributed by atoms with Crippen LogP contribution in [-0.2, 0) is 9.59 Å². The topological polar surface area (TPSA) is 66.7 Å². The summed E-state index contributed by atoms with van der Waals surface area (Å²) in [6.07, 6.45) is 2.14. The van der Waals surface area contributed by atoms with Crippen molar-refractivity contribution in [1.82, 2.24) is 0 Å². The number of ketones is 1. The summed E-state index contributed by atoms with van der Waals surface area (Å²) in [7, 11) is 0. The quantitative estimate of drug-likeness (QED) is 0.910. The van der Waals surface area contributed by atoms with Gasteiger partial charge in [-0.25, -0.2) is 4.79 Å². The van der Waals surface area contributed by atoms with Gasteiger partial charge in [0.05, 0.1) is 11.5 Å². The molecule has 0 radical (unpaired) electrons. The van der Waals surface area contributed by atoms with E-state index in [9.17, 15) is 14.7 Å². The molecule has 20 heavy (non-hydrogen) atoms. The highest BCUT2D eigenvalue weighted by atomic mass is 32.1. The van der Waals surface area contributed by atoms with Crippen LogP contribution in [0.25, 0.3) is 0 Å². The number of carbonyl (C=O) groups excluding carboxylic acids is 1. The van der Waals surface area contributed by atoms with Crippen molar-refractivity contribution >= 4 is 28.8 Å². The van der Waals surface area contributed by atoms with Gasteiger partial charge in [-0.2, -0.15) is 0 Å². The maximum absolute atomic E-state index is 12.3. The number of hydrogen-bond donors (Lipinski definition) is 1. The molecule has 4 nitrogen and oxygen atoms in total. The second-order valence-electron chi connectivity index (χ2n) is 5.20. The second-order valence-corrected chi connectivity index (χ2v) is 6.18. The monoisotopic (exact) mass is 289 g/mol. The van der Waals surface area contributed by atoms with Gasteiger partial charge in [0.1, 0.15) is 5.78 Å². The molecule has 5 heteroatoms. The summed E-state index contributed by atoms with van der Waals surface area (Å²) in [4.78, 5) is 29.3. The largest absolute Gasteiger partial charge is 0.478 e. The molecule has 0 bridgehead atoms. The van der Waals surface area contributed by atoms with Gasteiger partial charge in [-0.3, -0.25) is 9.79 Å². The second kappa shape index (κ2) is 4.98. The Kier molecular flexibility index (Phi) is 3.30. The third-order valence-electron chi connectivity index (χ3n) is 3.99. The van der Waals surface area contributed by atoms with E-state index in [0.717, 1.165) is 23.4 Å². The molecule has 1 aromatic heterocycles. The first-order valence-electron chi connectivity index (χ1n) is 6.67. The molecule has 0 spiro atoms. The molecule has 1 N–H and O–H groups in total. The van der Waals surface area contributed by atoms with Crippen LogP contribution in [0.2, 0.25) is 0 Å². The highest BCUT2D eigenvalue weighted by molar-refractivity contribution is 7.10. The predicted molar refractivity (Wildman–Crippen MR) is 77.2 cm³/mol. The number of hydrogen-bond acceptors (Lipinski definition) is 4. The van der Waals surface area contributed by atoms with Crippen molar-refractivity contribution in [2.45, 2.75) is 32.1 Å². The number of Topliss-reactive ketones (excluding diaryl/α,β-unsaturated/α-hetero) is 1. The smallest absolute Gasteiger partial charge is 0.334 e. The number of carbonyl (C=O) groups is 2. The van der Waals surface area contributed by atoms with E-state index in [0.29, 0.717) is 12.1 Å². The van der Waals surface area contributed by atoms with Crippen LogP contribution in [0.15, 0.2) is 33.8 Å².